The van der Waals surface area contributed by atoms with E-state index in [1.807, 2.05) is 0 Å². The average Bonchev–Trinajstić information content (AvgIpc) is 3.86. The zero-order valence-corrected chi connectivity index (χ0v) is 37.6. The van der Waals surface area contributed by atoms with Gasteiger partial charge in [0.05, 0.1) is 11.2 Å². The van der Waals surface area contributed by atoms with Gasteiger partial charge in [0, 0.05) is 39.1 Å². The Morgan fingerprint density at radius 3 is 1.33 bits per heavy atom. The summed E-state index contributed by atoms with van der Waals surface area (Å²) in [5.41, 5.74) is 23.0. The molecule has 0 fully saturated rings. The Morgan fingerprint density at radius 1 is 0.328 bits per heavy atom. The quantitative estimate of drug-likeness (QED) is 0.140. The van der Waals surface area contributed by atoms with E-state index in [0.29, 0.717) is 0 Å². The SMILES string of the molecule is CC1(C)c2ccccc2-c2ccc(-c3ccc(N(c4ccc(-c5ccccc5)cc4)c4ccc(-c5ccc(-n6c(-c7ccccc7)c(-c7ccccc7)c7ccccc76)cc5)cc4)cc3)cc21. The summed E-state index contributed by atoms with van der Waals surface area (Å²) < 4.78 is 2.43. The number of fused-ring (bicyclic) bond motifs is 4. The Kier molecular flexibility index (Phi) is 9.88. The molecule has 0 atom stereocenters. The van der Waals surface area contributed by atoms with E-state index >= 15 is 0 Å². The van der Waals surface area contributed by atoms with Crippen LogP contribution in [0.15, 0.2) is 255 Å². The third-order valence-corrected chi connectivity index (χ3v) is 13.8. The largest absolute Gasteiger partial charge is 0.311 e. The molecular weight excluding hydrogens is 809 g/mol. The summed E-state index contributed by atoms with van der Waals surface area (Å²) in [5, 5.41) is 1.24. The van der Waals surface area contributed by atoms with Gasteiger partial charge in [-0.3, -0.25) is 0 Å². The van der Waals surface area contributed by atoms with Crippen molar-refractivity contribution >= 4 is 28.0 Å². The second kappa shape index (κ2) is 16.5. The highest BCUT2D eigenvalue weighted by Crippen LogP contribution is 2.50. The fraction of sp³-hybridized carbons (Fsp3) is 0.0462. The van der Waals surface area contributed by atoms with Crippen molar-refractivity contribution in [3.8, 4) is 72.6 Å². The molecule has 0 amide bonds. The first-order chi connectivity index (χ1) is 33.0. The number of aromatic nitrogens is 1. The molecule has 318 valence electrons. The van der Waals surface area contributed by atoms with Crippen molar-refractivity contribution in [3.05, 3.63) is 266 Å². The lowest BCUT2D eigenvalue weighted by Gasteiger charge is -2.26. The Bertz CT molecular complexity index is 3530. The maximum Gasteiger partial charge on any atom is 0.0619 e. The van der Waals surface area contributed by atoms with Gasteiger partial charge in [0.25, 0.3) is 0 Å². The molecule has 12 rings (SSSR count). The van der Waals surface area contributed by atoms with Crippen molar-refractivity contribution in [1.82, 2.24) is 4.57 Å². The summed E-state index contributed by atoms with van der Waals surface area (Å²) >= 11 is 0. The van der Waals surface area contributed by atoms with Gasteiger partial charge in [-0.15, -0.1) is 0 Å². The molecule has 2 heteroatoms. The van der Waals surface area contributed by atoms with Crippen LogP contribution in [0.4, 0.5) is 17.1 Å². The third kappa shape index (κ3) is 7.06. The molecule has 0 unspecified atom stereocenters. The first-order valence-corrected chi connectivity index (χ1v) is 23.3. The van der Waals surface area contributed by atoms with E-state index in [2.05, 4.69) is 278 Å². The normalized spacial score (nSPS) is 12.4. The molecule has 1 aliphatic rings. The van der Waals surface area contributed by atoms with Crippen LogP contribution in [0.5, 0.6) is 0 Å². The van der Waals surface area contributed by atoms with Gasteiger partial charge in [-0.1, -0.05) is 208 Å². The van der Waals surface area contributed by atoms with E-state index in [9.17, 15) is 0 Å². The topological polar surface area (TPSA) is 8.17 Å². The fourth-order valence-electron chi connectivity index (χ4n) is 10.4. The first-order valence-electron chi connectivity index (χ1n) is 23.3. The van der Waals surface area contributed by atoms with Crippen molar-refractivity contribution in [2.24, 2.45) is 0 Å². The number of hydrogen-bond acceptors (Lipinski definition) is 1. The molecule has 0 radical (unpaired) electrons. The van der Waals surface area contributed by atoms with E-state index < -0.39 is 0 Å². The summed E-state index contributed by atoms with van der Waals surface area (Å²) in [6, 6.07) is 92.8. The van der Waals surface area contributed by atoms with Gasteiger partial charge in [0.2, 0.25) is 0 Å². The van der Waals surface area contributed by atoms with Gasteiger partial charge < -0.3 is 9.47 Å². The Morgan fingerprint density at radius 2 is 0.746 bits per heavy atom. The predicted octanol–water partition coefficient (Wildman–Crippen LogP) is 17.7. The molecule has 0 bridgehead atoms. The minimum absolute atomic E-state index is 0.0469. The van der Waals surface area contributed by atoms with Crippen LogP contribution in [0.1, 0.15) is 25.0 Å². The lowest BCUT2D eigenvalue weighted by atomic mass is 9.81. The lowest BCUT2D eigenvalue weighted by Crippen LogP contribution is -2.14. The average molecular weight is 857 g/mol. The van der Waals surface area contributed by atoms with Gasteiger partial charge in [0.15, 0.2) is 0 Å². The van der Waals surface area contributed by atoms with Gasteiger partial charge >= 0.3 is 0 Å². The molecule has 2 nitrogen and oxygen atoms in total. The second-order valence-corrected chi connectivity index (χ2v) is 18.1. The molecule has 0 saturated heterocycles. The van der Waals surface area contributed by atoms with E-state index in [-0.39, 0.29) is 5.41 Å². The summed E-state index contributed by atoms with van der Waals surface area (Å²) in [7, 11) is 0. The fourth-order valence-corrected chi connectivity index (χ4v) is 10.4. The van der Waals surface area contributed by atoms with Crippen molar-refractivity contribution in [3.63, 3.8) is 0 Å². The maximum atomic E-state index is 2.43. The molecule has 67 heavy (non-hydrogen) atoms. The number of nitrogens with zero attached hydrogens (tertiary/aromatic N) is 2. The second-order valence-electron chi connectivity index (χ2n) is 18.1. The number of anilines is 3. The first kappa shape index (κ1) is 40.1. The monoisotopic (exact) mass is 856 g/mol. The van der Waals surface area contributed by atoms with Crippen LogP contribution in [0.25, 0.3) is 83.5 Å². The minimum Gasteiger partial charge on any atom is -0.311 e. The number of para-hydroxylation sites is 1. The zero-order chi connectivity index (χ0) is 44.9. The number of benzene rings is 10. The van der Waals surface area contributed by atoms with Gasteiger partial charge in [-0.25, -0.2) is 0 Å². The summed E-state index contributed by atoms with van der Waals surface area (Å²) in [6.07, 6.45) is 0. The summed E-state index contributed by atoms with van der Waals surface area (Å²) in [6.45, 7) is 4.69. The zero-order valence-electron chi connectivity index (χ0n) is 37.6. The van der Waals surface area contributed by atoms with Gasteiger partial charge in [-0.05, 0) is 127 Å². The van der Waals surface area contributed by atoms with Crippen molar-refractivity contribution < 1.29 is 0 Å². The van der Waals surface area contributed by atoms with Gasteiger partial charge in [-0.2, -0.15) is 0 Å². The van der Waals surface area contributed by atoms with Crippen molar-refractivity contribution in [2.75, 3.05) is 4.90 Å². The predicted molar refractivity (Wildman–Crippen MR) is 283 cm³/mol. The van der Waals surface area contributed by atoms with Crippen LogP contribution < -0.4 is 4.90 Å². The van der Waals surface area contributed by atoms with Crippen molar-refractivity contribution in [1.29, 1.82) is 0 Å². The Hall–Kier alpha value is -8.46. The smallest absolute Gasteiger partial charge is 0.0619 e. The Labute approximate surface area is 393 Å². The van der Waals surface area contributed by atoms with Gasteiger partial charge in [0.1, 0.15) is 0 Å². The molecule has 10 aromatic carbocycles. The molecule has 0 spiro atoms. The molecule has 1 heterocycles. The Balaban J connectivity index is 0.890. The molecule has 0 aliphatic heterocycles. The van der Waals surface area contributed by atoms with Crippen LogP contribution in [0.2, 0.25) is 0 Å². The molecule has 11 aromatic rings. The van der Waals surface area contributed by atoms with E-state index in [1.165, 1.54) is 83.4 Å². The van der Waals surface area contributed by atoms with Crippen LogP contribution >= 0.6 is 0 Å². The lowest BCUT2D eigenvalue weighted by molar-refractivity contribution is 0.660. The minimum atomic E-state index is -0.0469. The highest BCUT2D eigenvalue weighted by molar-refractivity contribution is 6.06. The standard InChI is InChI=1S/C65H48N2/c1-65(2)60-24-14-12-22-57(60)58-43-34-52(44-61(58)65)49-32-39-55(40-33-49)66(53-35-26-46(27-36-53)45-16-6-3-7-17-45)54-37-28-47(29-38-54)48-30-41-56(42-31-48)67-62-25-15-13-23-59(62)63(50-18-8-4-9-19-50)64(67)51-20-10-5-11-21-51/h3-44H,1-2H3. The molecule has 1 aliphatic carbocycles. The van der Waals surface area contributed by atoms with E-state index in [1.54, 1.807) is 0 Å². The third-order valence-electron chi connectivity index (χ3n) is 13.8. The number of rotatable bonds is 9. The molecular formula is C65H48N2. The number of hydrogen-bond donors (Lipinski definition) is 0. The van der Waals surface area contributed by atoms with E-state index in [0.717, 1.165) is 28.3 Å². The summed E-state index contributed by atoms with van der Waals surface area (Å²) in [5.74, 6) is 0. The van der Waals surface area contributed by atoms with Crippen LogP contribution in [0.3, 0.4) is 0 Å². The molecule has 0 saturated carbocycles. The van der Waals surface area contributed by atoms with Crippen molar-refractivity contribution in [2.45, 2.75) is 19.3 Å². The summed E-state index contributed by atoms with van der Waals surface area (Å²) in [4.78, 5) is 2.36. The van der Waals surface area contributed by atoms with Crippen LogP contribution in [0, 0.1) is 0 Å². The maximum absolute atomic E-state index is 2.43. The van der Waals surface area contributed by atoms with E-state index in [4.69, 9.17) is 0 Å². The highest BCUT2D eigenvalue weighted by atomic mass is 15.1. The van der Waals surface area contributed by atoms with Crippen LogP contribution in [-0.4, -0.2) is 4.57 Å². The highest BCUT2D eigenvalue weighted by Gasteiger charge is 2.35. The molecule has 0 N–H and O–H groups in total. The molecule has 1 aromatic heterocycles. The van der Waals surface area contributed by atoms with Crippen LogP contribution in [-0.2, 0) is 5.41 Å².